The van der Waals surface area contributed by atoms with Crippen LogP contribution in [-0.4, -0.2) is 36.4 Å². The van der Waals surface area contributed by atoms with Crippen LogP contribution in [0.5, 0.6) is 0 Å². The number of carbonyl (C=O) groups is 1. The Morgan fingerprint density at radius 1 is 0.966 bits per heavy atom. The number of pyridine rings is 1. The van der Waals surface area contributed by atoms with Crippen molar-refractivity contribution in [1.29, 1.82) is 0 Å². The predicted molar refractivity (Wildman–Crippen MR) is 114 cm³/mol. The van der Waals surface area contributed by atoms with Crippen molar-refractivity contribution >= 4 is 34.4 Å². The summed E-state index contributed by atoms with van der Waals surface area (Å²) < 4.78 is 1.56. The van der Waals surface area contributed by atoms with Gasteiger partial charge in [-0.05, 0) is 39.0 Å². The van der Waals surface area contributed by atoms with Crippen LogP contribution in [0.15, 0.2) is 53.6 Å². The molecule has 1 amide bonds. The summed E-state index contributed by atoms with van der Waals surface area (Å²) in [5.41, 5.74) is 3.37. The second kappa shape index (κ2) is 8.00. The number of aryl methyl sites for hydroxylation is 3. The zero-order chi connectivity index (χ0) is 20.4. The summed E-state index contributed by atoms with van der Waals surface area (Å²) in [4.78, 5) is 26.0. The number of hydrogen-bond donors (Lipinski definition) is 1. The highest BCUT2D eigenvalue weighted by Gasteiger charge is 2.14. The minimum absolute atomic E-state index is 0.143. The molecule has 0 aliphatic carbocycles. The summed E-state index contributed by atoms with van der Waals surface area (Å²) in [5, 5.41) is 9.22. The molecule has 0 spiro atoms. The Hall–Kier alpha value is -3.26. The van der Waals surface area contributed by atoms with Crippen LogP contribution in [-0.2, 0) is 4.79 Å². The van der Waals surface area contributed by atoms with Gasteiger partial charge in [0.2, 0.25) is 5.91 Å². The first kappa shape index (κ1) is 19.1. The molecule has 3 heterocycles. The minimum atomic E-state index is -0.143. The first-order valence-corrected chi connectivity index (χ1v) is 10.1. The van der Waals surface area contributed by atoms with Gasteiger partial charge in [0.1, 0.15) is 5.82 Å². The van der Waals surface area contributed by atoms with Gasteiger partial charge in [-0.1, -0.05) is 36.0 Å². The van der Waals surface area contributed by atoms with E-state index in [4.69, 9.17) is 0 Å². The Morgan fingerprint density at radius 3 is 2.52 bits per heavy atom. The van der Waals surface area contributed by atoms with E-state index in [9.17, 15) is 4.79 Å². The van der Waals surface area contributed by atoms with Crippen molar-refractivity contribution in [2.24, 2.45) is 0 Å². The van der Waals surface area contributed by atoms with Crippen molar-refractivity contribution in [2.75, 3.05) is 11.1 Å². The third-order valence-corrected chi connectivity index (χ3v) is 5.11. The molecule has 8 heteroatoms. The van der Waals surface area contributed by atoms with Crippen LogP contribution in [0.2, 0.25) is 0 Å². The van der Waals surface area contributed by atoms with Crippen molar-refractivity contribution in [3.63, 3.8) is 0 Å². The number of amides is 1. The number of carbonyl (C=O) groups excluding carboxylic acids is 1. The molecule has 0 unspecified atom stereocenters. The fraction of sp³-hybridized carbons (Fsp3) is 0.190. The molecule has 0 atom stereocenters. The van der Waals surface area contributed by atoms with E-state index in [1.54, 1.807) is 10.7 Å². The lowest BCUT2D eigenvalue weighted by Gasteiger charge is -2.09. The van der Waals surface area contributed by atoms with Crippen LogP contribution < -0.4 is 5.32 Å². The number of nitrogens with zero attached hydrogens (tertiary/aromatic N) is 5. The summed E-state index contributed by atoms with van der Waals surface area (Å²) in [5.74, 6) is 1.08. The molecule has 0 aliphatic rings. The topological polar surface area (TPSA) is 85.6 Å². The van der Waals surface area contributed by atoms with Gasteiger partial charge >= 0.3 is 0 Å². The van der Waals surface area contributed by atoms with Crippen LogP contribution in [0.1, 0.15) is 17.1 Å². The second-order valence-electron chi connectivity index (χ2n) is 6.71. The molecule has 0 saturated heterocycles. The van der Waals surface area contributed by atoms with Gasteiger partial charge in [0.25, 0.3) is 5.95 Å². The molecule has 0 aliphatic heterocycles. The van der Waals surface area contributed by atoms with Gasteiger partial charge < -0.3 is 5.32 Å². The van der Waals surface area contributed by atoms with Crippen LogP contribution in [0, 0.1) is 20.8 Å². The van der Waals surface area contributed by atoms with Crippen molar-refractivity contribution in [1.82, 2.24) is 24.7 Å². The number of nitrogens with one attached hydrogen (secondary N) is 1. The van der Waals surface area contributed by atoms with Crippen molar-refractivity contribution < 1.29 is 4.79 Å². The third kappa shape index (κ3) is 4.43. The van der Waals surface area contributed by atoms with Gasteiger partial charge in [-0.2, -0.15) is 9.78 Å². The maximum atomic E-state index is 12.5. The molecule has 0 radical (unpaired) electrons. The fourth-order valence-corrected chi connectivity index (χ4v) is 3.67. The molecule has 4 aromatic rings. The van der Waals surface area contributed by atoms with Crippen molar-refractivity contribution in [3.8, 4) is 5.95 Å². The second-order valence-corrected chi connectivity index (χ2v) is 7.71. The van der Waals surface area contributed by atoms with E-state index < -0.39 is 0 Å². The van der Waals surface area contributed by atoms with Gasteiger partial charge in [-0.15, -0.1) is 0 Å². The first-order chi connectivity index (χ1) is 14.0. The molecule has 0 saturated carbocycles. The minimum Gasteiger partial charge on any atom is -0.310 e. The third-order valence-electron chi connectivity index (χ3n) is 4.18. The molecule has 0 bridgehead atoms. The van der Waals surface area contributed by atoms with Gasteiger partial charge in [-0.3, -0.25) is 4.79 Å². The molecule has 0 fully saturated rings. The summed E-state index contributed by atoms with van der Waals surface area (Å²) >= 11 is 1.39. The first-order valence-electron chi connectivity index (χ1n) is 9.16. The van der Waals surface area contributed by atoms with Crippen LogP contribution in [0.4, 0.5) is 5.82 Å². The number of fused-ring (bicyclic) bond motifs is 1. The smallest absolute Gasteiger partial charge is 0.252 e. The monoisotopic (exact) mass is 404 g/mol. The van der Waals surface area contributed by atoms with E-state index >= 15 is 0 Å². The van der Waals surface area contributed by atoms with E-state index in [0.29, 0.717) is 11.8 Å². The summed E-state index contributed by atoms with van der Waals surface area (Å²) in [6.07, 6.45) is 0. The molecule has 7 nitrogen and oxygen atoms in total. The fourth-order valence-electron chi connectivity index (χ4n) is 2.99. The lowest BCUT2D eigenvalue weighted by Crippen LogP contribution is -2.18. The lowest BCUT2D eigenvalue weighted by atomic mass is 10.2. The van der Waals surface area contributed by atoms with E-state index in [-0.39, 0.29) is 11.7 Å². The summed E-state index contributed by atoms with van der Waals surface area (Å²) in [6.45, 7) is 5.67. The van der Waals surface area contributed by atoms with E-state index in [1.807, 2.05) is 63.2 Å². The molecule has 146 valence electrons. The average Bonchev–Trinajstić information content (AvgIpc) is 3.05. The van der Waals surface area contributed by atoms with Gasteiger partial charge in [0.05, 0.1) is 22.0 Å². The molecule has 3 aromatic heterocycles. The molecular weight excluding hydrogens is 384 g/mol. The number of thioether (sulfide) groups is 1. The Labute approximate surface area is 172 Å². The van der Waals surface area contributed by atoms with Crippen LogP contribution in [0.25, 0.3) is 16.9 Å². The highest BCUT2D eigenvalue weighted by molar-refractivity contribution is 7.99. The molecule has 4 rings (SSSR count). The normalized spacial score (nSPS) is 11.0. The van der Waals surface area contributed by atoms with Gasteiger partial charge in [-0.25, -0.2) is 15.0 Å². The zero-order valence-electron chi connectivity index (χ0n) is 16.4. The molecule has 1 N–H and O–H groups in total. The van der Waals surface area contributed by atoms with Crippen LogP contribution >= 0.6 is 11.8 Å². The molecule has 1 aromatic carbocycles. The Bertz CT molecular complexity index is 1180. The maximum Gasteiger partial charge on any atom is 0.252 e. The van der Waals surface area contributed by atoms with E-state index in [0.717, 1.165) is 33.0 Å². The predicted octanol–water partition coefficient (Wildman–Crippen LogP) is 3.87. The highest BCUT2D eigenvalue weighted by atomic mass is 32.2. The molecular formula is C21H20N6OS. The number of anilines is 1. The quantitative estimate of drug-likeness (QED) is 0.508. The van der Waals surface area contributed by atoms with Crippen molar-refractivity contribution in [2.45, 2.75) is 25.8 Å². The number of benzene rings is 1. The average molecular weight is 404 g/mol. The summed E-state index contributed by atoms with van der Waals surface area (Å²) in [6, 6.07) is 15.6. The SMILES string of the molecule is Cc1cc(C)nc(-n2nc(C)cc2NC(=O)CSc2ccc3ccccc3n2)n1. The number of rotatable bonds is 5. The lowest BCUT2D eigenvalue weighted by molar-refractivity contribution is -0.113. The summed E-state index contributed by atoms with van der Waals surface area (Å²) in [7, 11) is 0. The Morgan fingerprint density at radius 2 is 1.72 bits per heavy atom. The molecule has 29 heavy (non-hydrogen) atoms. The number of aromatic nitrogens is 5. The zero-order valence-corrected chi connectivity index (χ0v) is 17.2. The number of para-hydroxylation sites is 1. The van der Waals surface area contributed by atoms with E-state index in [2.05, 4.69) is 25.4 Å². The largest absolute Gasteiger partial charge is 0.310 e. The van der Waals surface area contributed by atoms with Gasteiger partial charge in [0.15, 0.2) is 0 Å². The highest BCUT2D eigenvalue weighted by Crippen LogP contribution is 2.21. The van der Waals surface area contributed by atoms with Crippen LogP contribution in [0.3, 0.4) is 0 Å². The van der Waals surface area contributed by atoms with Crippen molar-refractivity contribution in [3.05, 3.63) is 65.6 Å². The van der Waals surface area contributed by atoms with Gasteiger partial charge in [0, 0.05) is 22.8 Å². The standard InChI is InChI=1S/C21H20N6OS/c1-13-10-14(2)23-21(22-13)27-18(11-15(3)26-27)25-19(28)12-29-20-9-8-16-6-4-5-7-17(16)24-20/h4-11H,12H2,1-3H3,(H,25,28). The Balaban J connectivity index is 1.48. The maximum absolute atomic E-state index is 12.5. The van der Waals surface area contributed by atoms with E-state index in [1.165, 1.54) is 11.8 Å². The number of hydrogen-bond acceptors (Lipinski definition) is 6. The Kier molecular flexibility index (Phi) is 5.26.